The average Bonchev–Trinajstić information content (AvgIpc) is 2.80. The Kier molecular flexibility index (Phi) is 3.98. The van der Waals surface area contributed by atoms with Gasteiger partial charge in [0, 0.05) is 22.6 Å². The Bertz CT molecular complexity index is 557. The van der Waals surface area contributed by atoms with Crippen molar-refractivity contribution in [3.63, 3.8) is 0 Å². The number of carboxylic acids is 1. The number of carboxylic acid groups (broad SMARTS) is 1. The Morgan fingerprint density at radius 3 is 2.89 bits per heavy atom. The first-order valence-electron chi connectivity index (χ1n) is 5.18. The van der Waals surface area contributed by atoms with Crippen molar-refractivity contribution >= 4 is 38.9 Å². The lowest BCUT2D eigenvalue weighted by Crippen LogP contribution is -2.17. The molecule has 0 bridgehead atoms. The predicted molar refractivity (Wildman–Crippen MR) is 75.3 cm³/mol. The molecule has 0 aliphatic rings. The molecule has 4 nitrogen and oxygen atoms in total. The van der Waals surface area contributed by atoms with Crippen LogP contribution in [-0.4, -0.2) is 23.1 Å². The van der Waals surface area contributed by atoms with E-state index in [2.05, 4.69) is 20.9 Å². The van der Waals surface area contributed by atoms with E-state index in [0.717, 1.165) is 15.9 Å². The van der Waals surface area contributed by atoms with E-state index in [-0.39, 0.29) is 5.56 Å². The summed E-state index contributed by atoms with van der Waals surface area (Å²) in [5.74, 6) is -0.931. The van der Waals surface area contributed by atoms with Crippen LogP contribution in [0, 0.1) is 0 Å². The first kappa shape index (κ1) is 13.0. The highest BCUT2D eigenvalue weighted by molar-refractivity contribution is 9.10. The van der Waals surface area contributed by atoms with E-state index in [1.54, 1.807) is 29.0 Å². The normalized spacial score (nSPS) is 10.3. The smallest absolute Gasteiger partial charge is 0.335 e. The maximum Gasteiger partial charge on any atom is 0.335 e. The molecular formula is C12H11BrN2O2S. The van der Waals surface area contributed by atoms with Crippen LogP contribution in [0.2, 0.25) is 0 Å². The second kappa shape index (κ2) is 5.49. The molecule has 0 fully saturated rings. The summed E-state index contributed by atoms with van der Waals surface area (Å²) in [6.45, 7) is 0.652. The van der Waals surface area contributed by atoms with E-state index in [0.29, 0.717) is 6.54 Å². The van der Waals surface area contributed by atoms with Crippen LogP contribution in [0.15, 0.2) is 33.6 Å². The lowest BCUT2D eigenvalue weighted by molar-refractivity contribution is 0.0697. The Hall–Kier alpha value is -1.40. The highest BCUT2D eigenvalue weighted by atomic mass is 79.9. The van der Waals surface area contributed by atoms with Crippen molar-refractivity contribution in [2.75, 3.05) is 11.9 Å². The molecule has 1 aromatic heterocycles. The van der Waals surface area contributed by atoms with Gasteiger partial charge in [-0.2, -0.15) is 0 Å². The van der Waals surface area contributed by atoms with Crippen molar-refractivity contribution < 1.29 is 9.90 Å². The van der Waals surface area contributed by atoms with Gasteiger partial charge in [-0.3, -0.25) is 0 Å². The fraction of sp³-hybridized carbons (Fsp3) is 0.167. The molecule has 1 aromatic carbocycles. The minimum absolute atomic E-state index is 0.268. The summed E-state index contributed by atoms with van der Waals surface area (Å²) in [6, 6.07) is 5.13. The molecule has 0 atom stereocenters. The zero-order chi connectivity index (χ0) is 13.1. The Morgan fingerprint density at radius 1 is 1.50 bits per heavy atom. The van der Waals surface area contributed by atoms with Crippen LogP contribution in [0.5, 0.6) is 0 Å². The molecule has 0 spiro atoms. The number of nitrogens with zero attached hydrogens (tertiary/aromatic N) is 2. The number of aromatic carboxylic acids is 1. The van der Waals surface area contributed by atoms with E-state index >= 15 is 0 Å². The topological polar surface area (TPSA) is 53.4 Å². The van der Waals surface area contributed by atoms with E-state index in [1.165, 1.54) is 0 Å². The standard InChI is InChI=1S/C12H11BrN2O2S/c1-15(5-10-6-18-7-14-10)11-3-8(12(16)17)2-9(13)4-11/h2-4,6-7H,5H2,1H3,(H,16,17). The van der Waals surface area contributed by atoms with Gasteiger partial charge in [-0.1, -0.05) is 15.9 Å². The fourth-order valence-corrected chi connectivity index (χ4v) is 2.60. The van der Waals surface area contributed by atoms with Gasteiger partial charge in [-0.15, -0.1) is 11.3 Å². The fourth-order valence-electron chi connectivity index (χ4n) is 1.57. The summed E-state index contributed by atoms with van der Waals surface area (Å²) in [6.07, 6.45) is 0. The van der Waals surface area contributed by atoms with Gasteiger partial charge in [-0.05, 0) is 18.2 Å². The second-order valence-corrected chi connectivity index (χ2v) is 5.47. The highest BCUT2D eigenvalue weighted by Crippen LogP contribution is 2.23. The van der Waals surface area contributed by atoms with Gasteiger partial charge in [-0.25, -0.2) is 9.78 Å². The molecule has 18 heavy (non-hydrogen) atoms. The second-order valence-electron chi connectivity index (χ2n) is 3.84. The SMILES string of the molecule is CN(Cc1cscn1)c1cc(Br)cc(C(=O)O)c1. The van der Waals surface area contributed by atoms with Crippen LogP contribution in [0.3, 0.4) is 0 Å². The summed E-state index contributed by atoms with van der Waals surface area (Å²) in [7, 11) is 1.91. The minimum Gasteiger partial charge on any atom is -0.478 e. The molecule has 2 rings (SSSR count). The third kappa shape index (κ3) is 3.08. The molecule has 6 heteroatoms. The van der Waals surface area contributed by atoms with Gasteiger partial charge >= 0.3 is 5.97 Å². The maximum absolute atomic E-state index is 11.0. The van der Waals surface area contributed by atoms with Gasteiger partial charge in [0.1, 0.15) is 0 Å². The Balaban J connectivity index is 2.24. The van der Waals surface area contributed by atoms with Crippen LogP contribution >= 0.6 is 27.3 Å². The summed E-state index contributed by atoms with van der Waals surface area (Å²) in [5, 5.41) is 11.0. The minimum atomic E-state index is -0.931. The van der Waals surface area contributed by atoms with Crippen molar-refractivity contribution in [1.29, 1.82) is 0 Å². The third-order valence-electron chi connectivity index (χ3n) is 2.45. The molecule has 0 saturated carbocycles. The number of hydrogen-bond donors (Lipinski definition) is 1. The highest BCUT2D eigenvalue weighted by Gasteiger charge is 2.09. The zero-order valence-electron chi connectivity index (χ0n) is 9.63. The lowest BCUT2D eigenvalue weighted by atomic mass is 10.2. The van der Waals surface area contributed by atoms with Crippen LogP contribution in [0.25, 0.3) is 0 Å². The third-order valence-corrected chi connectivity index (χ3v) is 3.55. The molecule has 0 amide bonds. The van der Waals surface area contributed by atoms with E-state index in [1.807, 2.05) is 23.4 Å². The largest absolute Gasteiger partial charge is 0.478 e. The van der Waals surface area contributed by atoms with Crippen molar-refractivity contribution in [3.8, 4) is 0 Å². The number of aromatic nitrogens is 1. The van der Waals surface area contributed by atoms with Crippen molar-refractivity contribution in [2.45, 2.75) is 6.54 Å². The van der Waals surface area contributed by atoms with Gasteiger partial charge in [0.05, 0.1) is 23.3 Å². The van der Waals surface area contributed by atoms with Crippen LogP contribution in [-0.2, 0) is 6.54 Å². The van der Waals surface area contributed by atoms with Crippen molar-refractivity contribution in [1.82, 2.24) is 4.98 Å². The number of hydrogen-bond acceptors (Lipinski definition) is 4. The quantitative estimate of drug-likeness (QED) is 0.937. The molecule has 0 unspecified atom stereocenters. The number of carbonyl (C=O) groups is 1. The zero-order valence-corrected chi connectivity index (χ0v) is 12.0. The first-order valence-corrected chi connectivity index (χ1v) is 6.92. The predicted octanol–water partition coefficient (Wildman–Crippen LogP) is 3.24. The maximum atomic E-state index is 11.0. The lowest BCUT2D eigenvalue weighted by Gasteiger charge is -2.19. The number of anilines is 1. The molecular weight excluding hydrogens is 316 g/mol. The summed E-state index contributed by atoms with van der Waals surface area (Å²) in [5.41, 5.74) is 3.87. The molecule has 2 aromatic rings. The molecule has 94 valence electrons. The Morgan fingerprint density at radius 2 is 2.28 bits per heavy atom. The van der Waals surface area contributed by atoms with Gasteiger partial charge in [0.25, 0.3) is 0 Å². The molecule has 0 aliphatic carbocycles. The number of halogens is 1. The van der Waals surface area contributed by atoms with E-state index < -0.39 is 5.97 Å². The summed E-state index contributed by atoms with van der Waals surface area (Å²) >= 11 is 4.87. The molecule has 1 heterocycles. The van der Waals surface area contributed by atoms with Gasteiger partial charge in [0.15, 0.2) is 0 Å². The molecule has 0 saturated heterocycles. The molecule has 1 N–H and O–H groups in total. The van der Waals surface area contributed by atoms with Gasteiger partial charge < -0.3 is 10.0 Å². The Labute approximate surface area is 117 Å². The van der Waals surface area contributed by atoms with Crippen LogP contribution < -0.4 is 4.90 Å². The monoisotopic (exact) mass is 326 g/mol. The molecule has 0 radical (unpaired) electrons. The number of thiazole rings is 1. The van der Waals surface area contributed by atoms with Crippen molar-refractivity contribution in [2.24, 2.45) is 0 Å². The van der Waals surface area contributed by atoms with Gasteiger partial charge in [0.2, 0.25) is 0 Å². The summed E-state index contributed by atoms with van der Waals surface area (Å²) < 4.78 is 0.752. The summed E-state index contributed by atoms with van der Waals surface area (Å²) in [4.78, 5) is 17.2. The van der Waals surface area contributed by atoms with E-state index in [4.69, 9.17) is 5.11 Å². The number of benzene rings is 1. The van der Waals surface area contributed by atoms with Crippen molar-refractivity contribution in [3.05, 3.63) is 44.8 Å². The first-order chi connectivity index (χ1) is 8.56. The van der Waals surface area contributed by atoms with Crippen LogP contribution in [0.4, 0.5) is 5.69 Å². The van der Waals surface area contributed by atoms with Crippen LogP contribution in [0.1, 0.15) is 16.1 Å². The van der Waals surface area contributed by atoms with E-state index in [9.17, 15) is 4.79 Å². The average molecular weight is 327 g/mol. The molecule has 0 aliphatic heterocycles. The number of rotatable bonds is 4.